The van der Waals surface area contributed by atoms with Gasteiger partial charge in [-0.05, 0) is 35.4 Å². The molecular weight excluding hydrogens is 382 g/mol. The monoisotopic (exact) mass is 411 g/mol. The van der Waals surface area contributed by atoms with E-state index in [1.165, 1.54) is 11.9 Å². The predicted molar refractivity (Wildman–Crippen MR) is 106 cm³/mol. The van der Waals surface area contributed by atoms with Gasteiger partial charge in [-0.25, -0.2) is 13.2 Å². The van der Waals surface area contributed by atoms with Gasteiger partial charge in [0, 0.05) is 13.1 Å². The van der Waals surface area contributed by atoms with Crippen LogP contribution in [0.5, 0.6) is 5.75 Å². The molecule has 1 aliphatic rings. The molecule has 1 heterocycles. The summed E-state index contributed by atoms with van der Waals surface area (Å²) in [7, 11) is -1.61. The average molecular weight is 412 g/mol. The molecule has 0 spiro atoms. The van der Waals surface area contributed by atoms with Crippen LogP contribution in [0.2, 0.25) is 0 Å². The Labute approximate surface area is 166 Å². The number of carbonyl (C=O) groups is 2. The molecule has 0 aromatic heterocycles. The molecule has 156 valence electrons. The topological polar surface area (TPSA) is 101 Å². The lowest BCUT2D eigenvalue weighted by Crippen LogP contribution is -2.40. The number of amides is 1. The highest BCUT2D eigenvalue weighted by Crippen LogP contribution is 2.33. The fourth-order valence-corrected chi connectivity index (χ4v) is 4.97. The summed E-state index contributed by atoms with van der Waals surface area (Å²) in [6, 6.07) is 3.06. The van der Waals surface area contributed by atoms with Crippen molar-refractivity contribution in [3.8, 4) is 5.75 Å². The summed E-state index contributed by atoms with van der Waals surface area (Å²) in [6.45, 7) is 7.30. The minimum atomic E-state index is -3.11. The third-order valence-electron chi connectivity index (χ3n) is 5.15. The van der Waals surface area contributed by atoms with Crippen molar-refractivity contribution in [2.45, 2.75) is 52.0 Å². The normalized spacial score (nSPS) is 18.5. The fraction of sp³-hybridized carbons (Fsp3) is 0.600. The summed E-state index contributed by atoms with van der Waals surface area (Å²) in [5.74, 6) is -1.22. The standard InChI is InChI=1S/C20H29NO6S/c1-12(2)14-8-16(13(3)4)19(23)17(9-14)20(24)27-10-18(22)21(5)15-6-7-28(25,26)11-15/h8-9,12-13,15,23H,6-7,10-11H2,1-5H3/t15-/m1/s1. The van der Waals surface area contributed by atoms with E-state index >= 15 is 0 Å². The third kappa shape index (κ3) is 5.04. The smallest absolute Gasteiger partial charge is 0.342 e. The molecule has 0 saturated carbocycles. The van der Waals surface area contributed by atoms with Crippen molar-refractivity contribution in [3.63, 3.8) is 0 Å². The first-order valence-electron chi connectivity index (χ1n) is 9.43. The lowest BCUT2D eigenvalue weighted by Gasteiger charge is -2.23. The highest BCUT2D eigenvalue weighted by atomic mass is 32.2. The van der Waals surface area contributed by atoms with Crippen LogP contribution in [0, 0.1) is 0 Å². The van der Waals surface area contributed by atoms with Crippen LogP contribution in [0.25, 0.3) is 0 Å². The molecule has 1 atom stereocenters. The molecule has 2 rings (SSSR count). The van der Waals surface area contributed by atoms with Crippen LogP contribution >= 0.6 is 0 Å². The molecule has 1 amide bonds. The van der Waals surface area contributed by atoms with Crippen molar-refractivity contribution in [3.05, 3.63) is 28.8 Å². The molecule has 0 radical (unpaired) electrons. The van der Waals surface area contributed by atoms with Gasteiger partial charge in [-0.2, -0.15) is 0 Å². The Morgan fingerprint density at radius 1 is 1.21 bits per heavy atom. The van der Waals surface area contributed by atoms with Crippen LogP contribution in [0.1, 0.15) is 67.4 Å². The van der Waals surface area contributed by atoms with Crippen molar-refractivity contribution in [2.75, 3.05) is 25.2 Å². The molecule has 1 aromatic carbocycles. The van der Waals surface area contributed by atoms with Gasteiger partial charge in [-0.3, -0.25) is 4.79 Å². The second-order valence-electron chi connectivity index (χ2n) is 7.95. The largest absolute Gasteiger partial charge is 0.507 e. The quantitative estimate of drug-likeness (QED) is 0.722. The number of hydrogen-bond acceptors (Lipinski definition) is 6. The Balaban J connectivity index is 2.11. The first-order chi connectivity index (χ1) is 12.9. The molecule has 7 nitrogen and oxygen atoms in total. The first kappa shape index (κ1) is 22.2. The number of phenolic OH excluding ortho intramolecular Hbond substituents is 1. The Bertz CT molecular complexity index is 860. The van der Waals surface area contributed by atoms with Crippen molar-refractivity contribution in [2.24, 2.45) is 0 Å². The fourth-order valence-electron chi connectivity index (χ4n) is 3.20. The van der Waals surface area contributed by atoms with Crippen molar-refractivity contribution >= 4 is 21.7 Å². The highest BCUT2D eigenvalue weighted by molar-refractivity contribution is 7.91. The van der Waals surface area contributed by atoms with E-state index in [-0.39, 0.29) is 34.7 Å². The number of ether oxygens (including phenoxy) is 1. The predicted octanol–water partition coefficient (Wildman–Crippen LogP) is 2.44. The maximum atomic E-state index is 12.5. The van der Waals surface area contributed by atoms with Crippen LogP contribution in [-0.2, 0) is 19.4 Å². The van der Waals surface area contributed by atoms with E-state index in [1.807, 2.05) is 33.8 Å². The molecule has 0 bridgehead atoms. The number of rotatable bonds is 6. The van der Waals surface area contributed by atoms with Crippen molar-refractivity contribution in [1.29, 1.82) is 0 Å². The number of nitrogens with zero attached hydrogens (tertiary/aromatic N) is 1. The number of sulfone groups is 1. The Morgan fingerprint density at radius 2 is 1.86 bits per heavy atom. The zero-order valence-corrected chi connectivity index (χ0v) is 17.9. The Hall–Kier alpha value is -2.09. The highest BCUT2D eigenvalue weighted by Gasteiger charge is 2.33. The van der Waals surface area contributed by atoms with Crippen LogP contribution in [-0.4, -0.2) is 61.5 Å². The maximum Gasteiger partial charge on any atom is 0.342 e. The maximum absolute atomic E-state index is 12.5. The minimum Gasteiger partial charge on any atom is -0.507 e. The van der Waals surface area contributed by atoms with E-state index in [9.17, 15) is 23.1 Å². The molecule has 8 heteroatoms. The van der Waals surface area contributed by atoms with Crippen LogP contribution in [0.3, 0.4) is 0 Å². The molecular formula is C20H29NO6S. The molecule has 1 aliphatic heterocycles. The van der Waals surface area contributed by atoms with Crippen LogP contribution < -0.4 is 0 Å². The molecule has 0 aliphatic carbocycles. The number of esters is 1. The van der Waals surface area contributed by atoms with E-state index < -0.39 is 34.4 Å². The zero-order chi connectivity index (χ0) is 21.2. The lowest BCUT2D eigenvalue weighted by atomic mass is 9.92. The number of carbonyl (C=O) groups excluding carboxylic acids is 2. The number of phenols is 1. The van der Waals surface area contributed by atoms with E-state index in [1.54, 1.807) is 6.07 Å². The van der Waals surface area contributed by atoms with Gasteiger partial charge in [0.2, 0.25) is 0 Å². The Morgan fingerprint density at radius 3 is 2.36 bits per heavy atom. The van der Waals surface area contributed by atoms with Gasteiger partial charge in [0.25, 0.3) is 5.91 Å². The van der Waals surface area contributed by atoms with Gasteiger partial charge >= 0.3 is 5.97 Å². The van der Waals surface area contributed by atoms with Gasteiger partial charge < -0.3 is 14.7 Å². The number of benzene rings is 1. The summed E-state index contributed by atoms with van der Waals surface area (Å²) >= 11 is 0. The van der Waals surface area contributed by atoms with Crippen molar-refractivity contribution < 1.29 is 27.9 Å². The van der Waals surface area contributed by atoms with E-state index in [2.05, 4.69) is 0 Å². The van der Waals surface area contributed by atoms with Gasteiger partial charge in [-0.1, -0.05) is 33.8 Å². The minimum absolute atomic E-state index is 0.0160. The molecule has 1 N–H and O–H groups in total. The molecule has 0 unspecified atom stereocenters. The van der Waals surface area contributed by atoms with Crippen molar-refractivity contribution in [1.82, 2.24) is 4.90 Å². The summed E-state index contributed by atoms with van der Waals surface area (Å²) in [6.07, 6.45) is 0.382. The van der Waals surface area contributed by atoms with Gasteiger partial charge in [0.05, 0.1) is 11.5 Å². The molecule has 1 fully saturated rings. The summed E-state index contributed by atoms with van der Waals surface area (Å²) < 4.78 is 28.3. The molecule has 1 aromatic rings. The summed E-state index contributed by atoms with van der Waals surface area (Å²) in [5, 5.41) is 10.5. The average Bonchev–Trinajstić information content (AvgIpc) is 2.98. The van der Waals surface area contributed by atoms with Gasteiger partial charge in [0.15, 0.2) is 16.4 Å². The number of hydrogen-bond donors (Lipinski definition) is 1. The Kier molecular flexibility index (Phi) is 6.75. The summed E-state index contributed by atoms with van der Waals surface area (Å²) in [5.41, 5.74) is 1.58. The number of likely N-dealkylation sites (N-methyl/N-ethyl adjacent to an activating group) is 1. The van der Waals surface area contributed by atoms with Crippen LogP contribution in [0.15, 0.2) is 12.1 Å². The second-order valence-corrected chi connectivity index (χ2v) is 10.2. The lowest BCUT2D eigenvalue weighted by molar-refractivity contribution is -0.134. The zero-order valence-electron chi connectivity index (χ0n) is 17.1. The SMILES string of the molecule is CC(C)c1cc(C(=O)OCC(=O)N(C)[C@@H]2CCS(=O)(=O)C2)c(O)c(C(C)C)c1. The second kappa shape index (κ2) is 8.51. The van der Waals surface area contributed by atoms with E-state index in [4.69, 9.17) is 4.74 Å². The summed E-state index contributed by atoms with van der Waals surface area (Å²) in [4.78, 5) is 26.1. The van der Waals surface area contributed by atoms with Crippen LogP contribution in [0.4, 0.5) is 0 Å². The van der Waals surface area contributed by atoms with E-state index in [0.717, 1.165) is 5.56 Å². The van der Waals surface area contributed by atoms with Gasteiger partial charge in [0.1, 0.15) is 11.3 Å². The van der Waals surface area contributed by atoms with Gasteiger partial charge in [-0.15, -0.1) is 0 Å². The first-order valence-corrected chi connectivity index (χ1v) is 11.2. The molecule has 28 heavy (non-hydrogen) atoms. The number of aromatic hydroxyl groups is 1. The van der Waals surface area contributed by atoms with E-state index in [0.29, 0.717) is 12.0 Å². The third-order valence-corrected chi connectivity index (χ3v) is 6.90. The molecule has 1 saturated heterocycles.